The van der Waals surface area contributed by atoms with E-state index in [4.69, 9.17) is 37.9 Å². The highest BCUT2D eigenvalue weighted by molar-refractivity contribution is 5.72. The van der Waals surface area contributed by atoms with Crippen LogP contribution in [0.3, 0.4) is 0 Å². The summed E-state index contributed by atoms with van der Waals surface area (Å²) in [4.78, 5) is 52.3. The Kier molecular flexibility index (Phi) is 19.2. The predicted octanol–water partition coefficient (Wildman–Crippen LogP) is 2.77. The van der Waals surface area contributed by atoms with E-state index in [1.54, 1.807) is 78.8 Å². The first kappa shape index (κ1) is 48.6. The average molecular weight is 814 g/mol. The molecule has 0 saturated carbocycles. The van der Waals surface area contributed by atoms with Crippen LogP contribution in [-0.4, -0.2) is 151 Å². The molecule has 3 aliphatic heterocycles. The fourth-order valence-corrected chi connectivity index (χ4v) is 7.82. The van der Waals surface area contributed by atoms with Crippen molar-refractivity contribution < 1.29 is 72.4 Å². The standard InChI is InChI=1S/C41H67NO15/c1-11-30(45)54-29-21-32(47)51-24(4)16-14-13-15-17-28(44)23(3)20-27(18-19-43)37(38(29)50-10)57-40-35(48)34(42(8)9)36(25(5)53-40)56-33-22-41(7,49)39(26(6)52-33)55-31(46)12-2/h13-15,17,19,23-29,33-40,44,48-49H,11-12,16,18,20-22H2,1-10H3/b14-13-,17-15-/t23-,24-,25-,26+,27+,28-,29-,33+,34-,35-,36-,37+,38+,39+,40-,41-/m1/s1. The lowest BCUT2D eigenvalue weighted by Gasteiger charge is -2.50. The first-order valence-electron chi connectivity index (χ1n) is 20.1. The number of cyclic esters (lactones) is 1. The minimum absolute atomic E-state index is 0.000633. The molecule has 0 unspecified atom stereocenters. The van der Waals surface area contributed by atoms with Crippen LogP contribution >= 0.6 is 0 Å². The molecular weight excluding hydrogens is 746 g/mol. The van der Waals surface area contributed by atoms with Gasteiger partial charge in [-0.2, -0.15) is 0 Å². The maximum absolute atomic E-state index is 13.3. The number of carbonyl (C=O) groups is 4. The Labute approximate surface area is 337 Å². The van der Waals surface area contributed by atoms with Gasteiger partial charge in [-0.25, -0.2) is 0 Å². The SMILES string of the molecule is CCC(=O)O[C@@H]1CC(=O)O[C@H](C)C/C=C\C=C/[C@@H](O)[C@H](C)C[C@H](CC=O)[C@H](O[C@H]2O[C@H](C)[C@@H](O[C@H]3C[C@@](C)(O)[C@@H](OC(=O)CC)[C@H](C)O3)[C@H](N(C)C)[C@H]2O)[C@H]1OC. The number of aliphatic hydroxyl groups is 3. The van der Waals surface area contributed by atoms with Gasteiger partial charge in [0.25, 0.3) is 0 Å². The molecule has 0 aromatic heterocycles. The van der Waals surface area contributed by atoms with Crippen LogP contribution in [-0.2, 0) is 57.1 Å². The van der Waals surface area contributed by atoms with Crippen molar-refractivity contribution in [3.05, 3.63) is 24.3 Å². The van der Waals surface area contributed by atoms with Gasteiger partial charge in [0.2, 0.25) is 0 Å². The van der Waals surface area contributed by atoms with Gasteiger partial charge in [-0.3, -0.25) is 14.4 Å². The van der Waals surface area contributed by atoms with Crippen LogP contribution < -0.4 is 0 Å². The molecule has 0 amide bonds. The molecular formula is C41H67NO15. The van der Waals surface area contributed by atoms with Crippen molar-refractivity contribution in [2.45, 2.75) is 179 Å². The molecule has 16 heteroatoms. The molecule has 0 radical (unpaired) electrons. The third-order valence-electron chi connectivity index (χ3n) is 10.9. The van der Waals surface area contributed by atoms with E-state index in [0.29, 0.717) is 12.7 Å². The first-order valence-corrected chi connectivity index (χ1v) is 20.1. The number of esters is 3. The van der Waals surface area contributed by atoms with Crippen molar-refractivity contribution in [3.8, 4) is 0 Å². The zero-order valence-corrected chi connectivity index (χ0v) is 35.2. The third-order valence-corrected chi connectivity index (χ3v) is 10.9. The molecule has 57 heavy (non-hydrogen) atoms. The second-order valence-electron chi connectivity index (χ2n) is 16.0. The van der Waals surface area contributed by atoms with Gasteiger partial charge in [0.05, 0.1) is 36.9 Å². The van der Waals surface area contributed by atoms with Crippen LogP contribution in [0.15, 0.2) is 24.3 Å². The van der Waals surface area contributed by atoms with Crippen molar-refractivity contribution in [3.63, 3.8) is 0 Å². The number of carbonyl (C=O) groups excluding carboxylic acids is 4. The van der Waals surface area contributed by atoms with Crippen LogP contribution in [0, 0.1) is 11.8 Å². The van der Waals surface area contributed by atoms with E-state index in [2.05, 4.69) is 0 Å². The highest BCUT2D eigenvalue weighted by Gasteiger charge is 2.53. The van der Waals surface area contributed by atoms with Crippen LogP contribution in [0.25, 0.3) is 0 Å². The lowest BCUT2D eigenvalue weighted by molar-refractivity contribution is -0.344. The number of likely N-dealkylation sites (N-methyl/N-ethyl adjacent to an activating group) is 1. The Morgan fingerprint density at radius 3 is 2.23 bits per heavy atom. The van der Waals surface area contributed by atoms with Crippen LogP contribution in [0.5, 0.6) is 0 Å². The van der Waals surface area contributed by atoms with Gasteiger partial charge < -0.3 is 62.9 Å². The molecule has 0 spiro atoms. The van der Waals surface area contributed by atoms with E-state index >= 15 is 0 Å². The lowest BCUT2D eigenvalue weighted by atomic mass is 9.82. The zero-order chi connectivity index (χ0) is 42.6. The molecule has 2 fully saturated rings. The quantitative estimate of drug-likeness (QED) is 0.147. The molecule has 326 valence electrons. The molecule has 16 nitrogen and oxygen atoms in total. The number of aldehydes is 1. The van der Waals surface area contributed by atoms with E-state index in [9.17, 15) is 34.5 Å². The molecule has 0 aromatic carbocycles. The van der Waals surface area contributed by atoms with Gasteiger partial charge in [-0.1, -0.05) is 45.1 Å². The summed E-state index contributed by atoms with van der Waals surface area (Å²) in [6, 6.07) is -0.779. The van der Waals surface area contributed by atoms with E-state index in [-0.39, 0.29) is 32.1 Å². The van der Waals surface area contributed by atoms with Crippen molar-refractivity contribution in [1.29, 1.82) is 0 Å². The average Bonchev–Trinajstić information content (AvgIpc) is 3.13. The summed E-state index contributed by atoms with van der Waals surface area (Å²) in [5.74, 6) is -2.82. The molecule has 3 N–H and O–H groups in total. The smallest absolute Gasteiger partial charge is 0.309 e. The Hall–Kier alpha value is -2.80. The number of allylic oxidation sites excluding steroid dienone is 2. The fourth-order valence-electron chi connectivity index (χ4n) is 7.82. The van der Waals surface area contributed by atoms with Crippen molar-refractivity contribution >= 4 is 24.2 Å². The topological polar surface area (TPSA) is 206 Å². The predicted molar refractivity (Wildman–Crippen MR) is 205 cm³/mol. The fraction of sp³-hybridized carbons (Fsp3) is 0.805. The number of hydrogen-bond acceptors (Lipinski definition) is 16. The largest absolute Gasteiger partial charge is 0.462 e. The Balaban J connectivity index is 2.01. The molecule has 3 rings (SSSR count). The first-order chi connectivity index (χ1) is 26.9. The van der Waals surface area contributed by atoms with E-state index < -0.39 is 121 Å². The Morgan fingerprint density at radius 1 is 0.965 bits per heavy atom. The highest BCUT2D eigenvalue weighted by atomic mass is 16.7. The second kappa shape index (κ2) is 22.5. The summed E-state index contributed by atoms with van der Waals surface area (Å²) < 4.78 is 48.5. The maximum Gasteiger partial charge on any atom is 0.309 e. The highest BCUT2D eigenvalue weighted by Crippen LogP contribution is 2.37. The van der Waals surface area contributed by atoms with Gasteiger partial charge in [0, 0.05) is 39.2 Å². The number of ether oxygens (including phenoxy) is 8. The number of hydrogen-bond donors (Lipinski definition) is 3. The summed E-state index contributed by atoms with van der Waals surface area (Å²) in [5, 5.41) is 34.5. The van der Waals surface area contributed by atoms with Gasteiger partial charge in [-0.15, -0.1) is 0 Å². The van der Waals surface area contributed by atoms with Crippen molar-refractivity contribution in [2.75, 3.05) is 21.2 Å². The van der Waals surface area contributed by atoms with Gasteiger partial charge >= 0.3 is 17.9 Å². The third kappa shape index (κ3) is 13.6. The molecule has 3 heterocycles. The number of rotatable bonds is 12. The molecule has 0 aromatic rings. The molecule has 2 saturated heterocycles. The van der Waals surface area contributed by atoms with Gasteiger partial charge in [0.1, 0.15) is 42.4 Å². The van der Waals surface area contributed by atoms with Crippen molar-refractivity contribution in [2.24, 2.45) is 11.8 Å². The van der Waals surface area contributed by atoms with Crippen molar-refractivity contribution in [1.82, 2.24) is 4.90 Å². The normalized spacial score (nSPS) is 41.1. The number of aliphatic hydroxyl groups excluding tert-OH is 2. The summed E-state index contributed by atoms with van der Waals surface area (Å²) in [6.07, 6.45) is -4.08. The molecule has 0 aliphatic carbocycles. The minimum atomic E-state index is -1.49. The van der Waals surface area contributed by atoms with Crippen LogP contribution in [0.4, 0.5) is 0 Å². The monoisotopic (exact) mass is 813 g/mol. The number of methoxy groups -OCH3 is 1. The van der Waals surface area contributed by atoms with E-state index in [1.807, 2.05) is 13.0 Å². The molecule has 0 bridgehead atoms. The van der Waals surface area contributed by atoms with E-state index in [1.165, 1.54) is 7.11 Å². The summed E-state index contributed by atoms with van der Waals surface area (Å²) in [7, 11) is 4.86. The number of nitrogens with zero attached hydrogens (tertiary/aromatic N) is 1. The Bertz CT molecular complexity index is 1350. The van der Waals surface area contributed by atoms with Gasteiger partial charge in [-0.05, 0) is 60.0 Å². The zero-order valence-electron chi connectivity index (χ0n) is 35.2. The molecule has 3 aliphatic rings. The summed E-state index contributed by atoms with van der Waals surface area (Å²) >= 11 is 0. The minimum Gasteiger partial charge on any atom is -0.462 e. The van der Waals surface area contributed by atoms with E-state index in [0.717, 1.165) is 0 Å². The Morgan fingerprint density at radius 2 is 1.63 bits per heavy atom. The second-order valence-corrected chi connectivity index (χ2v) is 16.0. The lowest BCUT2D eigenvalue weighted by Crippen LogP contribution is -2.66. The summed E-state index contributed by atoms with van der Waals surface area (Å²) in [6.45, 7) is 11.8. The maximum atomic E-state index is 13.3. The van der Waals surface area contributed by atoms with Crippen LogP contribution in [0.2, 0.25) is 0 Å². The van der Waals surface area contributed by atoms with Gasteiger partial charge in [0.15, 0.2) is 18.7 Å². The van der Waals surface area contributed by atoms with Crippen LogP contribution in [0.1, 0.15) is 93.4 Å². The summed E-state index contributed by atoms with van der Waals surface area (Å²) in [5.41, 5.74) is -1.49. The molecule has 16 atom stereocenters.